The van der Waals surface area contributed by atoms with E-state index in [-0.39, 0.29) is 29.8 Å². The number of carbonyl (C=O) groups is 1. The van der Waals surface area contributed by atoms with Gasteiger partial charge in [-0.05, 0) is 45.6 Å². The minimum Gasteiger partial charge on any atom is -0.351 e. The van der Waals surface area contributed by atoms with Gasteiger partial charge in [-0.2, -0.15) is 0 Å². The molecule has 2 atom stereocenters. The van der Waals surface area contributed by atoms with Gasteiger partial charge < -0.3 is 11.1 Å². The predicted molar refractivity (Wildman–Crippen MR) is 74.3 cm³/mol. The molecule has 0 bridgehead atoms. The zero-order valence-corrected chi connectivity index (χ0v) is 12.1. The topological polar surface area (TPSA) is 55.1 Å². The van der Waals surface area contributed by atoms with Crippen molar-refractivity contribution in [2.45, 2.75) is 58.4 Å². The Bertz CT molecular complexity index is 244. The normalized spacial score (nSPS) is 24.2. The van der Waals surface area contributed by atoms with Crippen LogP contribution in [0.2, 0.25) is 0 Å². The minimum absolute atomic E-state index is 0. The minimum atomic E-state index is -0.0758. The molecule has 0 unspecified atom stereocenters. The van der Waals surface area contributed by atoms with Crippen LogP contribution >= 0.6 is 12.4 Å². The summed E-state index contributed by atoms with van der Waals surface area (Å²) in [5, 5.41) is 3.17. The molecule has 1 amide bonds. The zero-order valence-electron chi connectivity index (χ0n) is 11.3. The third-order valence-corrected chi connectivity index (χ3v) is 3.64. The third-order valence-electron chi connectivity index (χ3n) is 3.64. The fourth-order valence-electron chi connectivity index (χ4n) is 2.78. The number of carbonyl (C=O) groups excluding carboxylic acids is 1. The third kappa shape index (κ3) is 4.84. The van der Waals surface area contributed by atoms with E-state index in [4.69, 9.17) is 5.73 Å². The van der Waals surface area contributed by atoms with Gasteiger partial charge in [0.2, 0.25) is 5.91 Å². The van der Waals surface area contributed by atoms with Crippen molar-refractivity contribution in [3.63, 3.8) is 0 Å². The molecular weight excluding hydrogens is 236 g/mol. The average Bonchev–Trinajstić information content (AvgIpc) is 2.64. The summed E-state index contributed by atoms with van der Waals surface area (Å²) >= 11 is 0. The second-order valence-electron chi connectivity index (χ2n) is 5.66. The van der Waals surface area contributed by atoms with Crippen LogP contribution in [0.1, 0.15) is 52.9 Å². The number of hydrogen-bond acceptors (Lipinski definition) is 2. The summed E-state index contributed by atoms with van der Waals surface area (Å²) in [5.74, 6) is 0.768. The quantitative estimate of drug-likeness (QED) is 0.800. The highest BCUT2D eigenvalue weighted by atomic mass is 35.5. The molecule has 1 aliphatic carbocycles. The first-order chi connectivity index (χ1) is 7.50. The molecule has 0 aromatic heterocycles. The van der Waals surface area contributed by atoms with Crippen molar-refractivity contribution in [3.05, 3.63) is 0 Å². The Balaban J connectivity index is 0.00000256. The lowest BCUT2D eigenvalue weighted by Crippen LogP contribution is -2.47. The van der Waals surface area contributed by atoms with Gasteiger partial charge in [0.25, 0.3) is 0 Å². The highest BCUT2D eigenvalue weighted by Gasteiger charge is 2.33. The van der Waals surface area contributed by atoms with Crippen molar-refractivity contribution in [3.8, 4) is 0 Å². The number of nitrogens with two attached hydrogens (primary N) is 1. The van der Waals surface area contributed by atoms with Crippen LogP contribution in [0.25, 0.3) is 0 Å². The summed E-state index contributed by atoms with van der Waals surface area (Å²) in [6.45, 7) is 6.99. The average molecular weight is 263 g/mol. The van der Waals surface area contributed by atoms with E-state index < -0.39 is 0 Å². The number of rotatable bonds is 5. The van der Waals surface area contributed by atoms with E-state index >= 15 is 0 Å². The Morgan fingerprint density at radius 2 is 2.06 bits per heavy atom. The molecule has 1 aliphatic rings. The molecule has 3 nitrogen and oxygen atoms in total. The van der Waals surface area contributed by atoms with E-state index in [9.17, 15) is 4.79 Å². The van der Waals surface area contributed by atoms with Crippen LogP contribution < -0.4 is 11.1 Å². The molecule has 17 heavy (non-hydrogen) atoms. The number of halogens is 1. The van der Waals surface area contributed by atoms with E-state index in [0.717, 1.165) is 32.1 Å². The summed E-state index contributed by atoms with van der Waals surface area (Å²) in [4.78, 5) is 12.1. The summed E-state index contributed by atoms with van der Waals surface area (Å²) in [7, 11) is 0. The van der Waals surface area contributed by atoms with E-state index in [1.165, 1.54) is 0 Å². The van der Waals surface area contributed by atoms with E-state index in [1.54, 1.807) is 0 Å². The monoisotopic (exact) mass is 262 g/mol. The van der Waals surface area contributed by atoms with Crippen molar-refractivity contribution >= 4 is 18.3 Å². The van der Waals surface area contributed by atoms with E-state index in [0.29, 0.717) is 12.5 Å². The highest BCUT2D eigenvalue weighted by Crippen LogP contribution is 2.31. The zero-order chi connectivity index (χ0) is 12.2. The smallest absolute Gasteiger partial charge is 0.223 e. The van der Waals surface area contributed by atoms with Gasteiger partial charge in [0.15, 0.2) is 0 Å². The Labute approximate surface area is 111 Å². The second kappa shape index (κ2) is 7.22. The first-order valence-corrected chi connectivity index (χ1v) is 6.52. The van der Waals surface area contributed by atoms with Gasteiger partial charge in [-0.3, -0.25) is 4.79 Å². The number of nitrogens with one attached hydrogen (secondary N) is 1. The molecular formula is C13H27ClN2O. The fraction of sp³-hybridized carbons (Fsp3) is 0.923. The van der Waals surface area contributed by atoms with Crippen LogP contribution in [-0.4, -0.2) is 18.0 Å². The molecule has 0 heterocycles. The summed E-state index contributed by atoms with van der Waals surface area (Å²) < 4.78 is 0. The Kier molecular flexibility index (Phi) is 7.10. The molecule has 0 aliphatic heterocycles. The van der Waals surface area contributed by atoms with Gasteiger partial charge in [0.05, 0.1) is 0 Å². The van der Waals surface area contributed by atoms with Gasteiger partial charge in [0.1, 0.15) is 0 Å². The maximum atomic E-state index is 12.1. The van der Waals surface area contributed by atoms with Crippen LogP contribution in [0.15, 0.2) is 0 Å². The standard InChI is InChI=1S/C13H26N2O.ClH/c1-4-8-13(2,3)15-12(16)11-7-5-6-10(11)9-14;/h10-11H,4-9,14H2,1-3H3,(H,15,16);1H/t10-,11-;/m1./s1. The van der Waals surface area contributed by atoms with Crippen LogP contribution in [0.3, 0.4) is 0 Å². The molecule has 0 aromatic rings. The number of hydrogen-bond donors (Lipinski definition) is 2. The van der Waals surface area contributed by atoms with Gasteiger partial charge in [-0.25, -0.2) is 0 Å². The van der Waals surface area contributed by atoms with E-state index in [1.807, 2.05) is 0 Å². The molecule has 1 saturated carbocycles. The van der Waals surface area contributed by atoms with E-state index in [2.05, 4.69) is 26.1 Å². The van der Waals surface area contributed by atoms with Crippen LogP contribution in [0, 0.1) is 11.8 Å². The maximum Gasteiger partial charge on any atom is 0.223 e. The maximum absolute atomic E-state index is 12.1. The molecule has 1 rings (SSSR count). The molecule has 0 aromatic carbocycles. The van der Waals surface area contributed by atoms with Crippen molar-refractivity contribution < 1.29 is 4.79 Å². The Hall–Kier alpha value is -0.280. The van der Waals surface area contributed by atoms with Gasteiger partial charge in [-0.15, -0.1) is 12.4 Å². The van der Waals surface area contributed by atoms with Crippen LogP contribution in [0.5, 0.6) is 0 Å². The SMILES string of the molecule is CCCC(C)(C)NC(=O)[C@@H]1CCC[C@@H]1CN.Cl. The highest BCUT2D eigenvalue weighted by molar-refractivity contribution is 5.85. The molecule has 102 valence electrons. The fourth-order valence-corrected chi connectivity index (χ4v) is 2.78. The van der Waals surface area contributed by atoms with Crippen molar-refractivity contribution in [2.24, 2.45) is 17.6 Å². The van der Waals surface area contributed by atoms with Crippen molar-refractivity contribution in [1.29, 1.82) is 0 Å². The summed E-state index contributed by atoms with van der Waals surface area (Å²) in [5.41, 5.74) is 5.63. The first kappa shape index (κ1) is 16.7. The second-order valence-corrected chi connectivity index (χ2v) is 5.66. The summed E-state index contributed by atoms with van der Waals surface area (Å²) in [6.07, 6.45) is 5.39. The molecule has 0 spiro atoms. The van der Waals surface area contributed by atoms with Crippen LogP contribution in [0.4, 0.5) is 0 Å². The molecule has 1 fully saturated rings. The Morgan fingerprint density at radius 3 is 2.59 bits per heavy atom. The van der Waals surface area contributed by atoms with Gasteiger partial charge in [0, 0.05) is 11.5 Å². The predicted octanol–water partition coefficient (Wildman–Crippen LogP) is 2.48. The Morgan fingerprint density at radius 1 is 1.41 bits per heavy atom. The van der Waals surface area contributed by atoms with Crippen LogP contribution in [-0.2, 0) is 4.79 Å². The lowest BCUT2D eigenvalue weighted by molar-refractivity contribution is -0.127. The molecule has 0 radical (unpaired) electrons. The summed E-state index contributed by atoms with van der Waals surface area (Å²) in [6, 6.07) is 0. The lowest BCUT2D eigenvalue weighted by Gasteiger charge is -2.29. The van der Waals surface area contributed by atoms with Gasteiger partial charge >= 0.3 is 0 Å². The number of amides is 1. The van der Waals surface area contributed by atoms with Crippen molar-refractivity contribution in [1.82, 2.24) is 5.32 Å². The first-order valence-electron chi connectivity index (χ1n) is 6.52. The molecule has 4 heteroatoms. The lowest BCUT2D eigenvalue weighted by atomic mass is 9.92. The van der Waals surface area contributed by atoms with Gasteiger partial charge in [-0.1, -0.05) is 19.8 Å². The largest absolute Gasteiger partial charge is 0.351 e. The molecule has 3 N–H and O–H groups in total. The van der Waals surface area contributed by atoms with Crippen molar-refractivity contribution in [2.75, 3.05) is 6.54 Å². The molecule has 0 saturated heterocycles.